The molecule has 1 aliphatic carbocycles. The van der Waals surface area contributed by atoms with E-state index in [1.54, 1.807) is 0 Å². The van der Waals surface area contributed by atoms with Crippen molar-refractivity contribution in [1.29, 1.82) is 0 Å². The van der Waals surface area contributed by atoms with Gasteiger partial charge in [0.1, 0.15) is 0 Å². The van der Waals surface area contributed by atoms with Crippen LogP contribution in [0.4, 0.5) is 0 Å². The van der Waals surface area contributed by atoms with Gasteiger partial charge < -0.3 is 9.72 Å². The second kappa shape index (κ2) is 6.16. The molecule has 1 heterocycles. The van der Waals surface area contributed by atoms with Gasteiger partial charge >= 0.3 is 5.97 Å². The smallest absolute Gasteiger partial charge is 0.309 e. The number of carbonyl (C=O) groups excluding carboxylic acids is 1. The monoisotopic (exact) mass is 319 g/mol. The second-order valence-corrected chi connectivity index (χ2v) is 6.40. The van der Waals surface area contributed by atoms with E-state index in [4.69, 9.17) is 4.74 Å². The average Bonchev–Trinajstić information content (AvgIpc) is 2.99. The summed E-state index contributed by atoms with van der Waals surface area (Å²) in [6, 6.07) is 16.9. The number of esters is 1. The first-order valence-electron chi connectivity index (χ1n) is 8.62. The van der Waals surface area contributed by atoms with Gasteiger partial charge in [0.05, 0.1) is 12.5 Å². The lowest BCUT2D eigenvalue weighted by molar-refractivity contribution is -0.148. The molecule has 24 heavy (non-hydrogen) atoms. The zero-order valence-electron chi connectivity index (χ0n) is 13.8. The Morgan fingerprint density at radius 3 is 2.79 bits per heavy atom. The highest BCUT2D eigenvalue weighted by Crippen LogP contribution is 2.34. The fourth-order valence-electron chi connectivity index (χ4n) is 3.69. The molecule has 2 aromatic carbocycles. The van der Waals surface area contributed by atoms with Crippen molar-refractivity contribution >= 4 is 16.9 Å². The number of ether oxygens (including phenoxy) is 1. The molecule has 1 aliphatic rings. The summed E-state index contributed by atoms with van der Waals surface area (Å²) in [6.07, 6.45) is 2.55. The van der Waals surface area contributed by atoms with Crippen molar-refractivity contribution in [1.82, 2.24) is 4.98 Å². The van der Waals surface area contributed by atoms with E-state index in [0.717, 1.165) is 24.8 Å². The predicted octanol–water partition coefficient (Wildman–Crippen LogP) is 4.50. The van der Waals surface area contributed by atoms with Gasteiger partial charge in [-0.3, -0.25) is 4.79 Å². The second-order valence-electron chi connectivity index (χ2n) is 6.40. The van der Waals surface area contributed by atoms with Gasteiger partial charge in [0.2, 0.25) is 0 Å². The predicted molar refractivity (Wildman–Crippen MR) is 95.9 cm³/mol. The zero-order valence-corrected chi connectivity index (χ0v) is 13.8. The standard InChI is InChI=1S/C21H21NO2/c1-2-24-21(23)16-9-11-20-18(13-16)17-12-15(8-10-19(17)22-20)14-6-4-3-5-7-14/h3-8,10,12,16,22H,2,9,11,13H2,1H3. The molecule has 1 atom stereocenters. The van der Waals surface area contributed by atoms with Crippen LogP contribution >= 0.6 is 0 Å². The molecule has 0 fully saturated rings. The molecular formula is C21H21NO2. The summed E-state index contributed by atoms with van der Waals surface area (Å²) < 4.78 is 5.23. The van der Waals surface area contributed by atoms with E-state index in [2.05, 4.69) is 47.4 Å². The maximum atomic E-state index is 12.1. The normalized spacial score (nSPS) is 16.8. The minimum absolute atomic E-state index is 0.0168. The molecule has 3 nitrogen and oxygen atoms in total. The third-order valence-electron chi connectivity index (χ3n) is 4.91. The lowest BCUT2D eigenvalue weighted by atomic mass is 9.86. The number of H-pyrrole nitrogens is 1. The van der Waals surface area contributed by atoms with Crippen LogP contribution in [-0.2, 0) is 22.4 Å². The Morgan fingerprint density at radius 2 is 2.00 bits per heavy atom. The maximum absolute atomic E-state index is 12.1. The Hall–Kier alpha value is -2.55. The van der Waals surface area contributed by atoms with E-state index in [0.29, 0.717) is 6.61 Å². The zero-order chi connectivity index (χ0) is 16.5. The summed E-state index contributed by atoms with van der Waals surface area (Å²) >= 11 is 0. The minimum Gasteiger partial charge on any atom is -0.466 e. The van der Waals surface area contributed by atoms with E-state index in [9.17, 15) is 4.79 Å². The quantitative estimate of drug-likeness (QED) is 0.722. The van der Waals surface area contributed by atoms with Gasteiger partial charge in [-0.05, 0) is 55.0 Å². The molecule has 0 bridgehead atoms. The number of hydrogen-bond acceptors (Lipinski definition) is 2. The largest absolute Gasteiger partial charge is 0.466 e. The first-order chi connectivity index (χ1) is 11.8. The van der Waals surface area contributed by atoms with E-state index < -0.39 is 0 Å². The number of aromatic nitrogens is 1. The number of nitrogens with one attached hydrogen (secondary N) is 1. The number of rotatable bonds is 3. The Labute approximate surface area is 141 Å². The third kappa shape index (κ3) is 2.60. The lowest BCUT2D eigenvalue weighted by Crippen LogP contribution is -2.24. The van der Waals surface area contributed by atoms with Gasteiger partial charge in [0.25, 0.3) is 0 Å². The van der Waals surface area contributed by atoms with Crippen molar-refractivity contribution in [2.24, 2.45) is 5.92 Å². The molecule has 0 radical (unpaired) electrons. The molecule has 4 rings (SSSR count). The van der Waals surface area contributed by atoms with Crippen molar-refractivity contribution in [3.05, 3.63) is 59.8 Å². The average molecular weight is 319 g/mol. The van der Waals surface area contributed by atoms with Crippen LogP contribution in [0.25, 0.3) is 22.0 Å². The van der Waals surface area contributed by atoms with Crippen LogP contribution in [0.2, 0.25) is 0 Å². The minimum atomic E-state index is -0.0586. The number of aromatic amines is 1. The molecule has 1 aromatic heterocycles. The van der Waals surface area contributed by atoms with E-state index in [1.165, 1.54) is 27.8 Å². The molecule has 0 spiro atoms. The molecule has 3 heteroatoms. The van der Waals surface area contributed by atoms with Crippen LogP contribution < -0.4 is 0 Å². The van der Waals surface area contributed by atoms with Crippen molar-refractivity contribution in [2.45, 2.75) is 26.2 Å². The Morgan fingerprint density at radius 1 is 1.17 bits per heavy atom. The van der Waals surface area contributed by atoms with Crippen LogP contribution in [0, 0.1) is 5.92 Å². The van der Waals surface area contributed by atoms with Crippen molar-refractivity contribution in [2.75, 3.05) is 6.61 Å². The highest BCUT2D eigenvalue weighted by atomic mass is 16.5. The molecule has 0 aliphatic heterocycles. The number of aryl methyl sites for hydroxylation is 1. The Balaban J connectivity index is 1.73. The fraction of sp³-hybridized carbons (Fsp3) is 0.286. The summed E-state index contributed by atoms with van der Waals surface area (Å²) in [7, 11) is 0. The number of fused-ring (bicyclic) bond motifs is 3. The highest BCUT2D eigenvalue weighted by molar-refractivity contribution is 5.90. The van der Waals surface area contributed by atoms with Crippen LogP contribution in [0.15, 0.2) is 48.5 Å². The van der Waals surface area contributed by atoms with Gasteiger partial charge in [-0.25, -0.2) is 0 Å². The summed E-state index contributed by atoms with van der Waals surface area (Å²) in [6.45, 7) is 2.32. The molecule has 122 valence electrons. The topological polar surface area (TPSA) is 42.1 Å². The van der Waals surface area contributed by atoms with Crippen LogP contribution in [0.1, 0.15) is 24.6 Å². The van der Waals surface area contributed by atoms with Gasteiger partial charge in [0.15, 0.2) is 0 Å². The SMILES string of the molecule is CCOC(=O)C1CCc2[nH]c3ccc(-c4ccccc4)cc3c2C1. The maximum Gasteiger partial charge on any atom is 0.309 e. The lowest BCUT2D eigenvalue weighted by Gasteiger charge is -2.20. The van der Waals surface area contributed by atoms with Crippen LogP contribution in [0.5, 0.6) is 0 Å². The number of benzene rings is 2. The number of hydrogen-bond donors (Lipinski definition) is 1. The Bertz CT molecular complexity index is 879. The van der Waals surface area contributed by atoms with E-state index in [1.807, 2.05) is 13.0 Å². The molecule has 0 saturated carbocycles. The van der Waals surface area contributed by atoms with Gasteiger partial charge in [-0.1, -0.05) is 36.4 Å². The highest BCUT2D eigenvalue weighted by Gasteiger charge is 2.28. The molecule has 0 saturated heterocycles. The molecule has 1 N–H and O–H groups in total. The van der Waals surface area contributed by atoms with Gasteiger partial charge in [-0.2, -0.15) is 0 Å². The first-order valence-corrected chi connectivity index (χ1v) is 8.62. The molecule has 3 aromatic rings. The van der Waals surface area contributed by atoms with Gasteiger partial charge in [-0.15, -0.1) is 0 Å². The van der Waals surface area contributed by atoms with Crippen LogP contribution in [-0.4, -0.2) is 17.6 Å². The summed E-state index contributed by atoms with van der Waals surface area (Å²) in [5, 5.41) is 1.24. The fourth-order valence-corrected chi connectivity index (χ4v) is 3.69. The van der Waals surface area contributed by atoms with E-state index >= 15 is 0 Å². The summed E-state index contributed by atoms with van der Waals surface area (Å²) in [5.41, 5.74) is 6.14. The number of carbonyl (C=O) groups is 1. The van der Waals surface area contributed by atoms with Gasteiger partial charge in [0, 0.05) is 16.6 Å². The molecule has 1 unspecified atom stereocenters. The Kier molecular flexibility index (Phi) is 3.85. The molecule has 0 amide bonds. The first kappa shape index (κ1) is 15.0. The molecular weight excluding hydrogens is 298 g/mol. The van der Waals surface area contributed by atoms with E-state index in [-0.39, 0.29) is 11.9 Å². The summed E-state index contributed by atoms with van der Waals surface area (Å²) in [5.74, 6) is -0.0754. The van der Waals surface area contributed by atoms with Crippen LogP contribution in [0.3, 0.4) is 0 Å². The van der Waals surface area contributed by atoms with Crippen molar-refractivity contribution in [3.63, 3.8) is 0 Å². The van der Waals surface area contributed by atoms with Crippen molar-refractivity contribution < 1.29 is 9.53 Å². The third-order valence-corrected chi connectivity index (χ3v) is 4.91. The van der Waals surface area contributed by atoms with Crippen molar-refractivity contribution in [3.8, 4) is 11.1 Å². The summed E-state index contributed by atoms with van der Waals surface area (Å²) in [4.78, 5) is 15.7.